The number of hydrogen-bond donors (Lipinski definition) is 0. The third-order valence-electron chi connectivity index (χ3n) is 5.08. The zero-order chi connectivity index (χ0) is 18.8. The van der Waals surface area contributed by atoms with E-state index in [0.29, 0.717) is 11.5 Å². The molecule has 1 aliphatic heterocycles. The summed E-state index contributed by atoms with van der Waals surface area (Å²) >= 11 is 0. The van der Waals surface area contributed by atoms with Crippen LogP contribution in [-0.4, -0.2) is 52.9 Å². The Labute approximate surface area is 153 Å². The van der Waals surface area contributed by atoms with Gasteiger partial charge in [0.2, 0.25) is 5.82 Å². The van der Waals surface area contributed by atoms with Gasteiger partial charge in [0, 0.05) is 39.3 Å². The van der Waals surface area contributed by atoms with Crippen molar-refractivity contribution in [3.8, 4) is 5.75 Å². The van der Waals surface area contributed by atoms with Crippen LogP contribution in [0.15, 0.2) is 24.3 Å². The Hall–Kier alpha value is -2.61. The van der Waals surface area contributed by atoms with E-state index in [-0.39, 0.29) is 16.7 Å². The molecule has 8 nitrogen and oxygen atoms in total. The molecule has 0 saturated carbocycles. The highest BCUT2D eigenvalue weighted by atomic mass is 16.6. The lowest BCUT2D eigenvalue weighted by Gasteiger charge is -2.38. The summed E-state index contributed by atoms with van der Waals surface area (Å²) in [5.41, 5.74) is 1.78. The van der Waals surface area contributed by atoms with E-state index in [4.69, 9.17) is 4.74 Å². The first kappa shape index (κ1) is 18.2. The van der Waals surface area contributed by atoms with Gasteiger partial charge in [0.25, 0.3) is 0 Å². The van der Waals surface area contributed by atoms with Crippen LogP contribution in [-0.2, 0) is 7.05 Å². The lowest BCUT2D eigenvalue weighted by atomic mass is 10.1. The predicted octanol–water partition coefficient (Wildman–Crippen LogP) is 2.53. The van der Waals surface area contributed by atoms with Crippen LogP contribution in [0.2, 0.25) is 0 Å². The van der Waals surface area contributed by atoms with E-state index in [2.05, 4.69) is 34.0 Å². The molecule has 1 unspecified atom stereocenters. The summed E-state index contributed by atoms with van der Waals surface area (Å²) in [5, 5.41) is 15.7. The van der Waals surface area contributed by atoms with Gasteiger partial charge in [-0.1, -0.05) is 12.1 Å². The molecule has 1 aliphatic rings. The second-order valence-electron chi connectivity index (χ2n) is 6.61. The fourth-order valence-corrected chi connectivity index (χ4v) is 3.64. The van der Waals surface area contributed by atoms with Crippen LogP contribution in [0, 0.1) is 17.0 Å². The van der Waals surface area contributed by atoms with E-state index in [0.717, 1.165) is 31.9 Å². The maximum absolute atomic E-state index is 11.4. The first-order chi connectivity index (χ1) is 12.4. The Bertz CT molecular complexity index is 796. The molecule has 1 fully saturated rings. The van der Waals surface area contributed by atoms with Crippen molar-refractivity contribution in [3.05, 3.63) is 45.6 Å². The standard InChI is InChI=1S/C18H25N5O3/c1-13-17(23(24)25)18(20(3)19-13)22-10-8-21(9-11-22)14(2)15-6-5-7-16(12-15)26-4/h5-7,12,14H,8-11H2,1-4H3. The normalized spacial score (nSPS) is 16.5. The average molecular weight is 359 g/mol. The van der Waals surface area contributed by atoms with Crippen molar-refractivity contribution in [2.24, 2.45) is 7.05 Å². The molecule has 26 heavy (non-hydrogen) atoms. The Morgan fingerprint density at radius 2 is 1.96 bits per heavy atom. The molecule has 3 rings (SSSR count). The number of nitrogens with zero attached hydrogens (tertiary/aromatic N) is 5. The van der Waals surface area contributed by atoms with Crippen LogP contribution in [0.4, 0.5) is 11.5 Å². The Kier molecular flexibility index (Phi) is 5.13. The van der Waals surface area contributed by atoms with E-state index in [1.54, 1.807) is 25.8 Å². The molecule has 2 aromatic rings. The molecule has 1 aromatic heterocycles. The first-order valence-corrected chi connectivity index (χ1v) is 8.73. The van der Waals surface area contributed by atoms with E-state index in [1.807, 2.05) is 12.1 Å². The van der Waals surface area contributed by atoms with Crippen LogP contribution in [0.3, 0.4) is 0 Å². The van der Waals surface area contributed by atoms with Crippen molar-refractivity contribution < 1.29 is 9.66 Å². The van der Waals surface area contributed by atoms with Crippen molar-refractivity contribution in [3.63, 3.8) is 0 Å². The van der Waals surface area contributed by atoms with Gasteiger partial charge in [-0.3, -0.25) is 15.0 Å². The van der Waals surface area contributed by atoms with Crippen LogP contribution >= 0.6 is 0 Å². The molecule has 0 N–H and O–H groups in total. The quantitative estimate of drug-likeness (QED) is 0.603. The predicted molar refractivity (Wildman–Crippen MR) is 99.8 cm³/mol. The Morgan fingerprint density at radius 3 is 2.58 bits per heavy atom. The highest BCUT2D eigenvalue weighted by Crippen LogP contribution is 2.32. The van der Waals surface area contributed by atoms with E-state index in [9.17, 15) is 10.1 Å². The van der Waals surface area contributed by atoms with Crippen LogP contribution in [0.25, 0.3) is 0 Å². The lowest BCUT2D eigenvalue weighted by Crippen LogP contribution is -2.47. The zero-order valence-electron chi connectivity index (χ0n) is 15.7. The molecule has 2 heterocycles. The van der Waals surface area contributed by atoms with Gasteiger partial charge in [0.05, 0.1) is 12.0 Å². The SMILES string of the molecule is COc1cccc(C(C)N2CCN(c3c([N+](=O)[O-])c(C)nn3C)CC2)c1. The van der Waals surface area contributed by atoms with Gasteiger partial charge in [-0.25, -0.2) is 4.68 Å². The molecule has 0 radical (unpaired) electrons. The summed E-state index contributed by atoms with van der Waals surface area (Å²) in [4.78, 5) is 15.5. The highest BCUT2D eigenvalue weighted by molar-refractivity contribution is 5.61. The number of methoxy groups -OCH3 is 1. The van der Waals surface area contributed by atoms with Gasteiger partial charge in [0.15, 0.2) is 0 Å². The molecule has 1 saturated heterocycles. The summed E-state index contributed by atoms with van der Waals surface area (Å²) in [7, 11) is 3.44. The summed E-state index contributed by atoms with van der Waals surface area (Å²) < 4.78 is 6.94. The number of aromatic nitrogens is 2. The Balaban J connectivity index is 1.72. The molecule has 0 spiro atoms. The van der Waals surface area contributed by atoms with Crippen LogP contribution < -0.4 is 9.64 Å². The summed E-state index contributed by atoms with van der Waals surface area (Å²) in [6.07, 6.45) is 0. The minimum atomic E-state index is -0.330. The van der Waals surface area contributed by atoms with E-state index in [1.165, 1.54) is 5.56 Å². The number of aryl methyl sites for hydroxylation is 2. The van der Waals surface area contributed by atoms with Gasteiger partial charge in [0.1, 0.15) is 11.4 Å². The van der Waals surface area contributed by atoms with Crippen molar-refractivity contribution >= 4 is 11.5 Å². The fourth-order valence-electron chi connectivity index (χ4n) is 3.64. The largest absolute Gasteiger partial charge is 0.497 e. The van der Waals surface area contributed by atoms with Crippen molar-refractivity contribution in [1.29, 1.82) is 0 Å². The van der Waals surface area contributed by atoms with Crippen molar-refractivity contribution in [2.75, 3.05) is 38.2 Å². The monoisotopic (exact) mass is 359 g/mol. The third kappa shape index (κ3) is 3.37. The third-order valence-corrected chi connectivity index (χ3v) is 5.08. The highest BCUT2D eigenvalue weighted by Gasteiger charge is 2.31. The number of anilines is 1. The minimum absolute atomic E-state index is 0.113. The molecule has 1 aromatic carbocycles. The lowest BCUT2D eigenvalue weighted by molar-refractivity contribution is -0.384. The number of rotatable bonds is 5. The molecule has 1 atom stereocenters. The van der Waals surface area contributed by atoms with Crippen LogP contribution in [0.5, 0.6) is 5.75 Å². The molecule has 140 valence electrons. The van der Waals surface area contributed by atoms with Crippen molar-refractivity contribution in [1.82, 2.24) is 14.7 Å². The first-order valence-electron chi connectivity index (χ1n) is 8.73. The van der Waals surface area contributed by atoms with Crippen LogP contribution in [0.1, 0.15) is 24.2 Å². The second-order valence-corrected chi connectivity index (χ2v) is 6.61. The summed E-state index contributed by atoms with van der Waals surface area (Å²) in [6, 6.07) is 8.37. The van der Waals surface area contributed by atoms with Gasteiger partial charge in [-0.05, 0) is 31.5 Å². The zero-order valence-corrected chi connectivity index (χ0v) is 15.7. The molecule has 8 heteroatoms. The number of benzene rings is 1. The van der Waals surface area contributed by atoms with Gasteiger partial charge < -0.3 is 9.64 Å². The minimum Gasteiger partial charge on any atom is -0.497 e. The summed E-state index contributed by atoms with van der Waals surface area (Å²) in [5.74, 6) is 1.45. The van der Waals surface area contributed by atoms with Gasteiger partial charge in [-0.15, -0.1) is 0 Å². The number of piperazine rings is 1. The van der Waals surface area contributed by atoms with Gasteiger partial charge >= 0.3 is 5.69 Å². The molecule has 0 bridgehead atoms. The maximum Gasteiger partial charge on any atom is 0.333 e. The molecular weight excluding hydrogens is 334 g/mol. The van der Waals surface area contributed by atoms with E-state index < -0.39 is 0 Å². The van der Waals surface area contributed by atoms with Crippen molar-refractivity contribution in [2.45, 2.75) is 19.9 Å². The summed E-state index contributed by atoms with van der Waals surface area (Å²) in [6.45, 7) is 6.99. The second kappa shape index (κ2) is 7.33. The number of nitro groups is 1. The topological polar surface area (TPSA) is 76.7 Å². The smallest absolute Gasteiger partial charge is 0.333 e. The maximum atomic E-state index is 11.4. The van der Waals surface area contributed by atoms with E-state index >= 15 is 0 Å². The fraction of sp³-hybridized carbons (Fsp3) is 0.500. The average Bonchev–Trinajstić information content (AvgIpc) is 2.95. The Morgan fingerprint density at radius 1 is 1.27 bits per heavy atom. The molecule has 0 aliphatic carbocycles. The number of hydrogen-bond acceptors (Lipinski definition) is 6. The molecule has 0 amide bonds. The number of ether oxygens (including phenoxy) is 1. The van der Waals surface area contributed by atoms with Gasteiger partial charge in [-0.2, -0.15) is 5.10 Å². The molecular formula is C18H25N5O3.